The van der Waals surface area contributed by atoms with Crippen LogP contribution in [-0.4, -0.2) is 33.9 Å². The zero-order chi connectivity index (χ0) is 20.9. The van der Waals surface area contributed by atoms with E-state index >= 15 is 0 Å². The average Bonchev–Trinajstić information content (AvgIpc) is 2.79. The van der Waals surface area contributed by atoms with Crippen molar-refractivity contribution in [3.05, 3.63) is 48.4 Å². The second kappa shape index (κ2) is 9.07. The summed E-state index contributed by atoms with van der Waals surface area (Å²) in [6, 6.07) is 9.37. The molecule has 1 aliphatic carbocycles. The van der Waals surface area contributed by atoms with Crippen molar-refractivity contribution in [3.8, 4) is 11.5 Å². The molecule has 4 rings (SSSR count). The lowest BCUT2D eigenvalue weighted by Crippen LogP contribution is -2.28. The third kappa shape index (κ3) is 4.67. The predicted molar refractivity (Wildman–Crippen MR) is 117 cm³/mol. The molecule has 2 aromatic heterocycles. The van der Waals surface area contributed by atoms with Crippen LogP contribution < -0.4 is 15.4 Å². The lowest BCUT2D eigenvalue weighted by atomic mass is 9.85. The number of nitrogens with zero attached hydrogens (tertiary/aromatic N) is 3. The van der Waals surface area contributed by atoms with Gasteiger partial charge < -0.3 is 15.4 Å². The fraction of sp³-hybridized carbons (Fsp3) is 0.391. The van der Waals surface area contributed by atoms with Crippen LogP contribution in [0.5, 0.6) is 11.5 Å². The molecule has 156 valence electrons. The average molecular weight is 406 g/mol. The normalized spacial score (nSPS) is 15.5. The van der Waals surface area contributed by atoms with Gasteiger partial charge in [0.1, 0.15) is 17.2 Å². The molecule has 1 amide bonds. The Morgan fingerprint density at radius 3 is 2.70 bits per heavy atom. The Labute approximate surface area is 176 Å². The molecule has 1 fully saturated rings. The van der Waals surface area contributed by atoms with Crippen LogP contribution in [0.15, 0.2) is 42.7 Å². The number of anilines is 1. The molecule has 2 heterocycles. The number of hydrogen-bond acceptors (Lipinski definition) is 6. The highest BCUT2D eigenvalue weighted by atomic mass is 16.5. The molecule has 0 radical (unpaired) electrons. The molecule has 7 heteroatoms. The Bertz CT molecular complexity index is 1030. The van der Waals surface area contributed by atoms with E-state index in [4.69, 9.17) is 4.74 Å². The zero-order valence-electron chi connectivity index (χ0n) is 17.4. The third-order valence-corrected chi connectivity index (χ3v) is 5.69. The summed E-state index contributed by atoms with van der Waals surface area (Å²) in [6.07, 6.45) is 9.91. The van der Waals surface area contributed by atoms with Gasteiger partial charge in [0.05, 0.1) is 5.52 Å². The summed E-state index contributed by atoms with van der Waals surface area (Å²) in [4.78, 5) is 25.0. The highest BCUT2D eigenvalue weighted by Crippen LogP contribution is 2.28. The highest BCUT2D eigenvalue weighted by molar-refractivity contribution is 5.92. The third-order valence-electron chi connectivity index (χ3n) is 5.69. The molecule has 1 saturated carbocycles. The summed E-state index contributed by atoms with van der Waals surface area (Å²) in [5.41, 5.74) is 1.17. The Kier molecular flexibility index (Phi) is 6.07. The Morgan fingerprint density at radius 1 is 1.10 bits per heavy atom. The molecule has 1 atom stereocenters. The first-order valence-electron chi connectivity index (χ1n) is 10.5. The minimum Gasteiger partial charge on any atom is -0.457 e. The monoisotopic (exact) mass is 405 g/mol. The molecule has 1 aliphatic rings. The minimum absolute atomic E-state index is 0.255. The number of carbonyl (C=O) groups is 1. The van der Waals surface area contributed by atoms with Crippen LogP contribution >= 0.6 is 0 Å². The van der Waals surface area contributed by atoms with Gasteiger partial charge in [-0.3, -0.25) is 9.78 Å². The maximum Gasteiger partial charge on any atom is 0.269 e. The van der Waals surface area contributed by atoms with E-state index in [-0.39, 0.29) is 5.91 Å². The van der Waals surface area contributed by atoms with Gasteiger partial charge in [0.25, 0.3) is 5.91 Å². The molecule has 0 saturated heterocycles. The Hall–Kier alpha value is -3.22. The number of aromatic nitrogens is 3. The van der Waals surface area contributed by atoms with Gasteiger partial charge in [-0.05, 0) is 49.9 Å². The van der Waals surface area contributed by atoms with E-state index < -0.39 is 0 Å². The molecule has 3 aromatic rings. The summed E-state index contributed by atoms with van der Waals surface area (Å²) in [6.45, 7) is 2.22. The molecular formula is C23H27N5O2. The number of amides is 1. The first-order chi connectivity index (χ1) is 14.6. The highest BCUT2D eigenvalue weighted by Gasteiger charge is 2.20. The second-order valence-electron chi connectivity index (χ2n) is 7.80. The molecule has 0 aliphatic heterocycles. The van der Waals surface area contributed by atoms with Crippen molar-refractivity contribution in [2.75, 3.05) is 12.4 Å². The number of hydrogen-bond donors (Lipinski definition) is 2. The first-order valence-corrected chi connectivity index (χ1v) is 10.5. The molecule has 1 aromatic carbocycles. The Morgan fingerprint density at radius 2 is 1.90 bits per heavy atom. The predicted octanol–water partition coefficient (Wildman–Crippen LogP) is 4.56. The Balaban J connectivity index is 1.47. The van der Waals surface area contributed by atoms with Crippen molar-refractivity contribution in [1.29, 1.82) is 0 Å². The van der Waals surface area contributed by atoms with Crippen LogP contribution in [0.2, 0.25) is 0 Å². The van der Waals surface area contributed by atoms with Gasteiger partial charge in [-0.15, -0.1) is 0 Å². The van der Waals surface area contributed by atoms with E-state index in [0.29, 0.717) is 35.1 Å². The van der Waals surface area contributed by atoms with Crippen molar-refractivity contribution in [3.63, 3.8) is 0 Å². The van der Waals surface area contributed by atoms with Gasteiger partial charge in [-0.1, -0.05) is 19.3 Å². The van der Waals surface area contributed by atoms with E-state index in [2.05, 4.69) is 32.5 Å². The summed E-state index contributed by atoms with van der Waals surface area (Å²) in [7, 11) is 1.57. The number of nitrogens with one attached hydrogen (secondary N) is 2. The van der Waals surface area contributed by atoms with Gasteiger partial charge in [0, 0.05) is 36.9 Å². The molecule has 2 N–H and O–H groups in total. The van der Waals surface area contributed by atoms with Gasteiger partial charge in [-0.25, -0.2) is 9.97 Å². The smallest absolute Gasteiger partial charge is 0.269 e. The van der Waals surface area contributed by atoms with Gasteiger partial charge in [-0.2, -0.15) is 0 Å². The standard InChI is InChI=1S/C23H27N5O2/c1-15(16-6-4-3-5-7-16)27-23-26-14-17-12-18(8-9-20(17)28-23)30-19-10-11-25-21(13-19)22(29)24-2/h8-16H,3-7H2,1-2H3,(H,24,29)(H,26,27,28)/t15-/m1/s1. The molecule has 0 unspecified atom stereocenters. The van der Waals surface area contributed by atoms with Crippen molar-refractivity contribution >= 4 is 22.8 Å². The van der Waals surface area contributed by atoms with Crippen LogP contribution in [0.1, 0.15) is 49.5 Å². The van der Waals surface area contributed by atoms with Crippen molar-refractivity contribution in [2.24, 2.45) is 5.92 Å². The van der Waals surface area contributed by atoms with Crippen molar-refractivity contribution in [1.82, 2.24) is 20.3 Å². The maximum atomic E-state index is 11.8. The molecule has 0 bridgehead atoms. The second-order valence-corrected chi connectivity index (χ2v) is 7.80. The SMILES string of the molecule is CNC(=O)c1cc(Oc2ccc3nc(N[C@H](C)C4CCCCC4)ncc3c2)ccn1. The fourth-order valence-corrected chi connectivity index (χ4v) is 3.96. The minimum atomic E-state index is -0.255. The van der Waals surface area contributed by atoms with E-state index in [1.807, 2.05) is 24.4 Å². The van der Waals surface area contributed by atoms with E-state index in [9.17, 15) is 4.79 Å². The molecule has 7 nitrogen and oxygen atoms in total. The molecular weight excluding hydrogens is 378 g/mol. The van der Waals surface area contributed by atoms with Gasteiger partial charge >= 0.3 is 0 Å². The number of carbonyl (C=O) groups excluding carboxylic acids is 1. The first kappa shape index (κ1) is 20.1. The van der Waals surface area contributed by atoms with Crippen molar-refractivity contribution < 1.29 is 9.53 Å². The van der Waals surface area contributed by atoms with E-state index in [1.54, 1.807) is 25.4 Å². The lowest BCUT2D eigenvalue weighted by Gasteiger charge is -2.28. The van der Waals surface area contributed by atoms with Crippen LogP contribution in [0, 0.1) is 5.92 Å². The van der Waals surface area contributed by atoms with Crippen molar-refractivity contribution in [2.45, 2.75) is 45.1 Å². The number of rotatable bonds is 6. The zero-order valence-corrected chi connectivity index (χ0v) is 17.4. The number of ether oxygens (including phenoxy) is 1. The van der Waals surface area contributed by atoms with E-state index in [0.717, 1.165) is 10.9 Å². The topological polar surface area (TPSA) is 89.0 Å². The van der Waals surface area contributed by atoms with Crippen LogP contribution in [0.4, 0.5) is 5.95 Å². The summed E-state index contributed by atoms with van der Waals surface area (Å²) < 4.78 is 5.90. The maximum absolute atomic E-state index is 11.8. The van der Waals surface area contributed by atoms with Gasteiger partial charge in [0.2, 0.25) is 5.95 Å². The quantitative estimate of drug-likeness (QED) is 0.625. The number of benzene rings is 1. The summed E-state index contributed by atoms with van der Waals surface area (Å²) >= 11 is 0. The van der Waals surface area contributed by atoms with Crippen LogP contribution in [0.3, 0.4) is 0 Å². The summed E-state index contributed by atoms with van der Waals surface area (Å²) in [5.74, 6) is 2.29. The number of pyridine rings is 1. The number of fused-ring (bicyclic) bond motifs is 1. The van der Waals surface area contributed by atoms with Gasteiger partial charge in [0.15, 0.2) is 0 Å². The molecule has 30 heavy (non-hydrogen) atoms. The molecule has 0 spiro atoms. The summed E-state index contributed by atoms with van der Waals surface area (Å²) in [5, 5.41) is 6.93. The largest absolute Gasteiger partial charge is 0.457 e. The van der Waals surface area contributed by atoms with E-state index in [1.165, 1.54) is 32.1 Å². The van der Waals surface area contributed by atoms with Crippen LogP contribution in [-0.2, 0) is 0 Å². The fourth-order valence-electron chi connectivity index (χ4n) is 3.96. The lowest BCUT2D eigenvalue weighted by molar-refractivity contribution is 0.0958. The van der Waals surface area contributed by atoms with Crippen LogP contribution in [0.25, 0.3) is 10.9 Å².